The smallest absolute Gasteiger partial charge is 0.0324 e. The lowest BCUT2D eigenvalue weighted by Crippen LogP contribution is -2.26. The molecule has 0 radical (unpaired) electrons. The van der Waals surface area contributed by atoms with Gasteiger partial charge in [-0.1, -0.05) is 19.8 Å². The van der Waals surface area contributed by atoms with Crippen LogP contribution in [0.25, 0.3) is 0 Å². The average molecular weight is 204 g/mol. The lowest BCUT2D eigenvalue weighted by atomic mass is 9.77. The Hall–Kier alpha value is -0.890. The molecular weight excluding hydrogens is 184 g/mol. The highest BCUT2D eigenvalue weighted by atomic mass is 14.7. The van der Waals surface area contributed by atoms with Gasteiger partial charge in [0.1, 0.15) is 0 Å². The van der Waals surface area contributed by atoms with Crippen LogP contribution < -0.4 is 5.73 Å². The number of nitrogens with two attached hydrogens (primary N) is 1. The number of nitrogens with zero attached hydrogens (tertiary/aromatic N) is 1. The summed E-state index contributed by atoms with van der Waals surface area (Å²) >= 11 is 0. The quantitative estimate of drug-likeness (QED) is 0.804. The third kappa shape index (κ3) is 2.57. The zero-order valence-electron chi connectivity index (χ0n) is 9.39. The van der Waals surface area contributed by atoms with E-state index in [-0.39, 0.29) is 6.04 Å². The molecule has 1 fully saturated rings. The van der Waals surface area contributed by atoms with E-state index in [9.17, 15) is 0 Å². The Balaban J connectivity index is 2.04. The van der Waals surface area contributed by atoms with Crippen LogP contribution in [0.2, 0.25) is 0 Å². The Morgan fingerprint density at radius 3 is 2.73 bits per heavy atom. The summed E-state index contributed by atoms with van der Waals surface area (Å²) in [7, 11) is 0. The number of rotatable bonds is 2. The van der Waals surface area contributed by atoms with Gasteiger partial charge in [0.05, 0.1) is 0 Å². The molecule has 1 aliphatic rings. The minimum absolute atomic E-state index is 0.204. The normalized spacial score (nSPS) is 28.7. The molecule has 3 unspecified atom stereocenters. The van der Waals surface area contributed by atoms with E-state index >= 15 is 0 Å². The molecule has 2 heteroatoms. The van der Waals surface area contributed by atoms with Crippen LogP contribution in [0.15, 0.2) is 24.5 Å². The highest BCUT2D eigenvalue weighted by Crippen LogP contribution is 2.35. The number of hydrogen-bond donors (Lipinski definition) is 1. The molecule has 0 saturated heterocycles. The maximum atomic E-state index is 6.30. The predicted octanol–water partition coefficient (Wildman–Crippen LogP) is 2.91. The maximum Gasteiger partial charge on any atom is 0.0324 e. The van der Waals surface area contributed by atoms with Crippen molar-refractivity contribution in [3.05, 3.63) is 30.1 Å². The first-order chi connectivity index (χ1) is 7.27. The Morgan fingerprint density at radius 1 is 1.33 bits per heavy atom. The van der Waals surface area contributed by atoms with Crippen LogP contribution in [0.3, 0.4) is 0 Å². The molecule has 0 spiro atoms. The van der Waals surface area contributed by atoms with E-state index in [0.717, 1.165) is 5.92 Å². The highest BCUT2D eigenvalue weighted by Gasteiger charge is 2.24. The highest BCUT2D eigenvalue weighted by molar-refractivity contribution is 5.15. The Labute approximate surface area is 91.9 Å². The summed E-state index contributed by atoms with van der Waals surface area (Å²) in [6, 6.07) is 4.30. The van der Waals surface area contributed by atoms with Crippen LogP contribution in [-0.2, 0) is 0 Å². The summed E-state index contributed by atoms with van der Waals surface area (Å²) in [5.74, 6) is 1.51. The first-order valence-corrected chi connectivity index (χ1v) is 5.93. The van der Waals surface area contributed by atoms with E-state index in [4.69, 9.17) is 5.73 Å². The third-order valence-electron chi connectivity index (χ3n) is 3.58. The first-order valence-electron chi connectivity index (χ1n) is 5.93. The van der Waals surface area contributed by atoms with Crippen molar-refractivity contribution >= 4 is 0 Å². The Bertz CT molecular complexity index is 297. The lowest BCUT2D eigenvalue weighted by Gasteiger charge is -2.31. The molecule has 1 aromatic heterocycles. The van der Waals surface area contributed by atoms with Gasteiger partial charge in [-0.3, -0.25) is 4.98 Å². The van der Waals surface area contributed by atoms with Crippen molar-refractivity contribution in [3.8, 4) is 0 Å². The molecule has 1 aliphatic carbocycles. The Kier molecular flexibility index (Phi) is 3.37. The average Bonchev–Trinajstić information content (AvgIpc) is 2.29. The van der Waals surface area contributed by atoms with E-state index in [1.165, 1.54) is 31.2 Å². The molecule has 1 aromatic rings. The minimum Gasteiger partial charge on any atom is -0.324 e. The van der Waals surface area contributed by atoms with Gasteiger partial charge < -0.3 is 5.73 Å². The van der Waals surface area contributed by atoms with Crippen molar-refractivity contribution in [2.24, 2.45) is 17.6 Å². The van der Waals surface area contributed by atoms with Crippen molar-refractivity contribution in [2.75, 3.05) is 0 Å². The summed E-state index contributed by atoms with van der Waals surface area (Å²) in [5, 5.41) is 0. The van der Waals surface area contributed by atoms with E-state index in [0.29, 0.717) is 5.92 Å². The molecule has 15 heavy (non-hydrogen) atoms. The van der Waals surface area contributed by atoms with Crippen molar-refractivity contribution in [3.63, 3.8) is 0 Å². The number of hydrogen-bond acceptors (Lipinski definition) is 2. The second-order valence-corrected chi connectivity index (χ2v) is 4.84. The minimum atomic E-state index is 0.204. The molecule has 0 bridgehead atoms. The molecule has 82 valence electrons. The second-order valence-electron chi connectivity index (χ2n) is 4.84. The molecule has 0 aromatic carbocycles. The van der Waals surface area contributed by atoms with Crippen LogP contribution in [0.5, 0.6) is 0 Å². The van der Waals surface area contributed by atoms with Gasteiger partial charge in [-0.25, -0.2) is 0 Å². The standard InChI is InChI=1S/C13H20N2/c1-10-3-2-4-12(9-10)13(14)11-5-7-15-8-6-11/h5-8,10,12-13H,2-4,9,14H2,1H3. The number of pyridine rings is 1. The molecule has 0 amide bonds. The van der Waals surface area contributed by atoms with Crippen LogP contribution in [0.4, 0.5) is 0 Å². The molecule has 2 N–H and O–H groups in total. The van der Waals surface area contributed by atoms with Gasteiger partial charge in [-0.15, -0.1) is 0 Å². The van der Waals surface area contributed by atoms with E-state index < -0.39 is 0 Å². The molecule has 1 saturated carbocycles. The first kappa shape index (κ1) is 10.6. The second kappa shape index (κ2) is 4.75. The molecule has 0 aliphatic heterocycles. The Morgan fingerprint density at radius 2 is 2.07 bits per heavy atom. The van der Waals surface area contributed by atoms with Gasteiger partial charge >= 0.3 is 0 Å². The summed E-state index contributed by atoms with van der Waals surface area (Å²) in [6.07, 6.45) is 8.95. The molecular formula is C13H20N2. The van der Waals surface area contributed by atoms with Crippen molar-refractivity contribution in [1.82, 2.24) is 4.98 Å². The molecule has 1 heterocycles. The van der Waals surface area contributed by atoms with E-state index in [2.05, 4.69) is 11.9 Å². The SMILES string of the molecule is CC1CCCC(C(N)c2ccncc2)C1. The summed E-state index contributed by atoms with van der Waals surface area (Å²) in [4.78, 5) is 4.03. The van der Waals surface area contributed by atoms with Crippen molar-refractivity contribution < 1.29 is 0 Å². The fraction of sp³-hybridized carbons (Fsp3) is 0.615. The molecule has 3 atom stereocenters. The molecule has 2 nitrogen and oxygen atoms in total. The lowest BCUT2D eigenvalue weighted by molar-refractivity contribution is 0.248. The summed E-state index contributed by atoms with van der Waals surface area (Å²) in [6.45, 7) is 2.34. The van der Waals surface area contributed by atoms with Gasteiger partial charge in [0.25, 0.3) is 0 Å². The zero-order chi connectivity index (χ0) is 10.7. The summed E-state index contributed by atoms with van der Waals surface area (Å²) in [5.41, 5.74) is 7.54. The monoisotopic (exact) mass is 204 g/mol. The van der Waals surface area contributed by atoms with Gasteiger partial charge in [0.2, 0.25) is 0 Å². The fourth-order valence-corrected chi connectivity index (χ4v) is 2.67. The van der Waals surface area contributed by atoms with Crippen molar-refractivity contribution in [2.45, 2.75) is 38.6 Å². The van der Waals surface area contributed by atoms with E-state index in [1.807, 2.05) is 24.5 Å². The van der Waals surface area contributed by atoms with Crippen LogP contribution in [0, 0.1) is 11.8 Å². The van der Waals surface area contributed by atoms with Crippen LogP contribution in [-0.4, -0.2) is 4.98 Å². The van der Waals surface area contributed by atoms with Gasteiger partial charge in [-0.05, 0) is 42.4 Å². The predicted molar refractivity (Wildman–Crippen MR) is 62.3 cm³/mol. The third-order valence-corrected chi connectivity index (χ3v) is 3.58. The van der Waals surface area contributed by atoms with Crippen LogP contribution >= 0.6 is 0 Å². The van der Waals surface area contributed by atoms with Gasteiger partial charge in [0.15, 0.2) is 0 Å². The van der Waals surface area contributed by atoms with Crippen LogP contribution in [0.1, 0.15) is 44.2 Å². The van der Waals surface area contributed by atoms with Gasteiger partial charge in [0, 0.05) is 18.4 Å². The van der Waals surface area contributed by atoms with E-state index in [1.54, 1.807) is 0 Å². The summed E-state index contributed by atoms with van der Waals surface area (Å²) < 4.78 is 0. The van der Waals surface area contributed by atoms with Crippen molar-refractivity contribution in [1.29, 1.82) is 0 Å². The van der Waals surface area contributed by atoms with Gasteiger partial charge in [-0.2, -0.15) is 0 Å². The topological polar surface area (TPSA) is 38.9 Å². The zero-order valence-corrected chi connectivity index (χ0v) is 9.39. The largest absolute Gasteiger partial charge is 0.324 e. The maximum absolute atomic E-state index is 6.30. The number of aromatic nitrogens is 1. The molecule has 2 rings (SSSR count). The fourth-order valence-electron chi connectivity index (χ4n) is 2.67.